The van der Waals surface area contributed by atoms with E-state index in [0.717, 1.165) is 0 Å². The Hall–Kier alpha value is -2.86. The summed E-state index contributed by atoms with van der Waals surface area (Å²) in [5.74, 6) is -0.0430. The van der Waals surface area contributed by atoms with Crippen LogP contribution in [0.4, 0.5) is 10.1 Å². The summed E-state index contributed by atoms with van der Waals surface area (Å²) in [7, 11) is 1.57. The van der Waals surface area contributed by atoms with Crippen molar-refractivity contribution in [3.63, 3.8) is 0 Å². The van der Waals surface area contributed by atoms with E-state index in [1.165, 1.54) is 16.8 Å². The second kappa shape index (κ2) is 6.94. The molecule has 3 rings (SSSR count). The summed E-state index contributed by atoms with van der Waals surface area (Å²) >= 11 is 6.34. The van der Waals surface area contributed by atoms with Gasteiger partial charge in [-0.25, -0.2) is 9.07 Å². The first-order chi connectivity index (χ1) is 12.0. The van der Waals surface area contributed by atoms with Crippen LogP contribution in [0.15, 0.2) is 48.5 Å². The zero-order valence-electron chi connectivity index (χ0n) is 13.6. The summed E-state index contributed by atoms with van der Waals surface area (Å²) < 4.78 is 19.6. The number of amides is 1. The van der Waals surface area contributed by atoms with Crippen molar-refractivity contribution in [3.05, 3.63) is 70.8 Å². The molecule has 0 aliphatic heterocycles. The predicted octanol–water partition coefficient (Wildman–Crippen LogP) is 4.23. The lowest BCUT2D eigenvalue weighted by atomic mass is 10.2. The molecule has 1 amide bonds. The number of aromatic nitrogens is 2. The van der Waals surface area contributed by atoms with Crippen molar-refractivity contribution >= 4 is 23.2 Å². The van der Waals surface area contributed by atoms with Crippen molar-refractivity contribution in [2.24, 2.45) is 0 Å². The normalized spacial score (nSPS) is 10.6. The number of methoxy groups -OCH3 is 1. The summed E-state index contributed by atoms with van der Waals surface area (Å²) in [5, 5.41) is 7.22. The van der Waals surface area contributed by atoms with Crippen molar-refractivity contribution < 1.29 is 13.9 Å². The molecule has 3 aromatic rings. The number of carbonyl (C=O) groups excluding carboxylic acids is 1. The summed E-state index contributed by atoms with van der Waals surface area (Å²) in [6.45, 7) is 1.69. The Morgan fingerprint density at radius 2 is 1.80 bits per heavy atom. The molecule has 0 saturated carbocycles. The van der Waals surface area contributed by atoms with Gasteiger partial charge < -0.3 is 10.1 Å². The number of halogens is 2. The number of aryl methyl sites for hydroxylation is 1. The Labute approximate surface area is 149 Å². The number of nitrogens with zero attached hydrogens (tertiary/aromatic N) is 2. The van der Waals surface area contributed by atoms with Crippen molar-refractivity contribution in [2.45, 2.75) is 6.92 Å². The number of anilines is 1. The molecule has 0 spiro atoms. The number of benzene rings is 2. The fraction of sp³-hybridized carbons (Fsp3) is 0.111. The molecular weight excluding hydrogens is 345 g/mol. The number of hydrogen-bond donors (Lipinski definition) is 1. The highest BCUT2D eigenvalue weighted by Gasteiger charge is 2.21. The smallest absolute Gasteiger partial charge is 0.260 e. The molecule has 0 atom stereocenters. The molecule has 0 aliphatic carbocycles. The van der Waals surface area contributed by atoms with Crippen LogP contribution in [0.3, 0.4) is 0 Å². The number of ether oxygens (including phenoxy) is 1. The molecule has 0 saturated heterocycles. The number of carbonyl (C=O) groups is 1. The van der Waals surface area contributed by atoms with E-state index in [9.17, 15) is 9.18 Å². The molecule has 0 radical (unpaired) electrons. The van der Waals surface area contributed by atoms with Gasteiger partial charge in [-0.15, -0.1) is 0 Å². The molecule has 1 heterocycles. The third-order valence-corrected chi connectivity index (χ3v) is 4.00. The minimum absolute atomic E-state index is 0.162. The van der Waals surface area contributed by atoms with Gasteiger partial charge in [0, 0.05) is 5.69 Å². The van der Waals surface area contributed by atoms with Crippen LogP contribution in [-0.2, 0) is 0 Å². The van der Waals surface area contributed by atoms with E-state index in [1.807, 2.05) is 0 Å². The molecule has 1 N–H and O–H groups in total. The molecule has 0 bridgehead atoms. The van der Waals surface area contributed by atoms with E-state index in [2.05, 4.69) is 10.4 Å². The van der Waals surface area contributed by atoms with Crippen LogP contribution in [0.2, 0.25) is 5.15 Å². The Morgan fingerprint density at radius 3 is 2.40 bits per heavy atom. The summed E-state index contributed by atoms with van der Waals surface area (Å²) in [6.07, 6.45) is 0. The van der Waals surface area contributed by atoms with Crippen LogP contribution in [0.5, 0.6) is 5.75 Å². The second-order valence-corrected chi connectivity index (χ2v) is 5.68. The molecule has 0 aliphatic rings. The first-order valence-electron chi connectivity index (χ1n) is 7.46. The molecule has 0 unspecified atom stereocenters. The Balaban J connectivity index is 1.88. The molecule has 25 heavy (non-hydrogen) atoms. The minimum Gasteiger partial charge on any atom is -0.497 e. The predicted molar refractivity (Wildman–Crippen MR) is 94.2 cm³/mol. The highest BCUT2D eigenvalue weighted by atomic mass is 35.5. The van der Waals surface area contributed by atoms with Gasteiger partial charge in [-0.05, 0) is 55.5 Å². The number of hydrogen-bond acceptors (Lipinski definition) is 3. The maximum atomic E-state index is 13.1. The lowest BCUT2D eigenvalue weighted by molar-refractivity contribution is 0.102. The van der Waals surface area contributed by atoms with Crippen molar-refractivity contribution in [1.29, 1.82) is 0 Å². The first-order valence-corrected chi connectivity index (χ1v) is 7.84. The third kappa shape index (κ3) is 3.49. The third-order valence-electron chi connectivity index (χ3n) is 3.65. The topological polar surface area (TPSA) is 56.1 Å². The summed E-state index contributed by atoms with van der Waals surface area (Å²) in [6, 6.07) is 12.6. The average molecular weight is 360 g/mol. The highest BCUT2D eigenvalue weighted by molar-refractivity contribution is 6.34. The number of rotatable bonds is 4. The molecule has 0 fully saturated rings. The maximum absolute atomic E-state index is 13.1. The van der Waals surface area contributed by atoms with Crippen molar-refractivity contribution in [2.75, 3.05) is 12.4 Å². The van der Waals surface area contributed by atoms with Gasteiger partial charge in [0.1, 0.15) is 22.3 Å². The molecule has 7 heteroatoms. The van der Waals surface area contributed by atoms with E-state index in [0.29, 0.717) is 22.8 Å². The summed E-state index contributed by atoms with van der Waals surface area (Å²) in [4.78, 5) is 12.6. The lowest BCUT2D eigenvalue weighted by Crippen LogP contribution is -2.13. The van der Waals surface area contributed by atoms with Crippen LogP contribution in [-0.4, -0.2) is 22.8 Å². The van der Waals surface area contributed by atoms with E-state index >= 15 is 0 Å². The van der Waals surface area contributed by atoms with E-state index in [4.69, 9.17) is 16.3 Å². The van der Waals surface area contributed by atoms with Crippen LogP contribution in [0.25, 0.3) is 5.69 Å². The van der Waals surface area contributed by atoms with Crippen molar-refractivity contribution in [3.8, 4) is 11.4 Å². The molecular formula is C18H15ClFN3O2. The van der Waals surface area contributed by atoms with Crippen LogP contribution in [0, 0.1) is 12.7 Å². The quantitative estimate of drug-likeness (QED) is 0.758. The van der Waals surface area contributed by atoms with Gasteiger partial charge in [0.2, 0.25) is 0 Å². The number of nitrogens with one attached hydrogen (secondary N) is 1. The van der Waals surface area contributed by atoms with E-state index < -0.39 is 0 Å². The van der Waals surface area contributed by atoms with Gasteiger partial charge in [0.05, 0.1) is 18.5 Å². The van der Waals surface area contributed by atoms with Crippen LogP contribution in [0.1, 0.15) is 16.1 Å². The lowest BCUT2D eigenvalue weighted by Gasteiger charge is -2.07. The monoisotopic (exact) mass is 359 g/mol. The molecule has 2 aromatic carbocycles. The zero-order valence-corrected chi connectivity index (χ0v) is 14.3. The minimum atomic E-state index is -0.374. The first kappa shape index (κ1) is 17.0. The summed E-state index contributed by atoms with van der Waals surface area (Å²) in [5.41, 5.74) is 1.91. The van der Waals surface area contributed by atoms with E-state index in [1.54, 1.807) is 50.4 Å². The molecule has 1 aromatic heterocycles. The maximum Gasteiger partial charge on any atom is 0.260 e. The van der Waals surface area contributed by atoms with Gasteiger partial charge in [-0.2, -0.15) is 5.10 Å². The SMILES string of the molecule is COc1ccc(NC(=O)c2c(C)nn(-c3ccc(F)cc3)c2Cl)cc1. The Bertz CT molecular complexity index is 905. The van der Waals surface area contributed by atoms with Gasteiger partial charge >= 0.3 is 0 Å². The van der Waals surface area contributed by atoms with Gasteiger partial charge in [0.15, 0.2) is 0 Å². The van der Waals surface area contributed by atoms with Gasteiger partial charge in [0.25, 0.3) is 5.91 Å². The highest BCUT2D eigenvalue weighted by Crippen LogP contribution is 2.25. The second-order valence-electron chi connectivity index (χ2n) is 5.32. The van der Waals surface area contributed by atoms with Crippen molar-refractivity contribution in [1.82, 2.24) is 9.78 Å². The standard InChI is InChI=1S/C18H15ClFN3O2/c1-11-16(18(24)21-13-5-9-15(25-2)10-6-13)17(19)23(22-11)14-7-3-12(20)4-8-14/h3-10H,1-2H3,(H,21,24). The fourth-order valence-corrected chi connectivity index (χ4v) is 2.74. The van der Waals surface area contributed by atoms with Gasteiger partial charge in [-0.1, -0.05) is 11.6 Å². The van der Waals surface area contributed by atoms with E-state index in [-0.39, 0.29) is 22.4 Å². The average Bonchev–Trinajstić information content (AvgIpc) is 2.91. The Kier molecular flexibility index (Phi) is 4.72. The fourth-order valence-electron chi connectivity index (χ4n) is 2.38. The van der Waals surface area contributed by atoms with Crippen LogP contribution >= 0.6 is 11.6 Å². The molecule has 5 nitrogen and oxygen atoms in total. The van der Waals surface area contributed by atoms with Crippen LogP contribution < -0.4 is 10.1 Å². The largest absolute Gasteiger partial charge is 0.497 e. The Morgan fingerprint density at radius 1 is 1.16 bits per heavy atom. The molecule has 128 valence electrons. The zero-order chi connectivity index (χ0) is 18.0. The van der Waals surface area contributed by atoms with Gasteiger partial charge in [-0.3, -0.25) is 4.79 Å².